The van der Waals surface area contributed by atoms with Gasteiger partial charge in [-0.2, -0.15) is 0 Å². The molecule has 3 N–H and O–H groups in total. The lowest BCUT2D eigenvalue weighted by Crippen LogP contribution is -2.29. The summed E-state index contributed by atoms with van der Waals surface area (Å²) in [6.07, 6.45) is 0.787. The van der Waals surface area contributed by atoms with Gasteiger partial charge in [-0.25, -0.2) is 4.98 Å². The third-order valence-corrected chi connectivity index (χ3v) is 4.75. The molecule has 1 aromatic heterocycles. The third kappa shape index (κ3) is 3.39. The molecule has 6 heteroatoms. The fourth-order valence-electron chi connectivity index (χ4n) is 1.71. The van der Waals surface area contributed by atoms with Gasteiger partial charge in [0.05, 0.1) is 11.0 Å². The van der Waals surface area contributed by atoms with Crippen LogP contribution < -0.4 is 11.3 Å². The highest BCUT2D eigenvalue weighted by Gasteiger charge is 2.15. The average Bonchev–Trinajstić information content (AvgIpc) is 2.72. The maximum Gasteiger partial charge on any atom is 0.0947 e. The van der Waals surface area contributed by atoms with Crippen molar-refractivity contribution in [1.82, 2.24) is 10.4 Å². The number of hydrazine groups is 1. The van der Waals surface area contributed by atoms with Gasteiger partial charge in [0.2, 0.25) is 0 Å². The standard InChI is InChI=1S/C12H13Br2N3S/c1-7-6-18-12(16-7)5-11(17-15)9-3-2-8(13)4-10(9)14/h2-4,6,11,17H,5,15H2,1H3. The van der Waals surface area contributed by atoms with E-state index in [0.717, 1.165) is 31.6 Å². The van der Waals surface area contributed by atoms with E-state index in [9.17, 15) is 0 Å². The minimum absolute atomic E-state index is 0.0537. The summed E-state index contributed by atoms with van der Waals surface area (Å²) in [5.74, 6) is 5.66. The van der Waals surface area contributed by atoms with E-state index in [-0.39, 0.29) is 6.04 Å². The number of nitrogens with two attached hydrogens (primary N) is 1. The molecule has 0 bridgehead atoms. The highest BCUT2D eigenvalue weighted by molar-refractivity contribution is 9.11. The van der Waals surface area contributed by atoms with Crippen LogP contribution in [0.5, 0.6) is 0 Å². The molecule has 0 aliphatic rings. The van der Waals surface area contributed by atoms with E-state index in [0.29, 0.717) is 0 Å². The monoisotopic (exact) mass is 389 g/mol. The molecule has 2 rings (SSSR count). The summed E-state index contributed by atoms with van der Waals surface area (Å²) in [7, 11) is 0. The Morgan fingerprint density at radius 3 is 2.78 bits per heavy atom. The van der Waals surface area contributed by atoms with Gasteiger partial charge >= 0.3 is 0 Å². The number of benzene rings is 1. The molecular weight excluding hydrogens is 378 g/mol. The Bertz CT molecular complexity index is 542. The topological polar surface area (TPSA) is 50.9 Å². The Morgan fingerprint density at radius 1 is 1.44 bits per heavy atom. The fourth-order valence-corrected chi connectivity index (χ4v) is 3.86. The molecule has 1 unspecified atom stereocenters. The second-order valence-corrected chi connectivity index (χ2v) is 6.68. The van der Waals surface area contributed by atoms with Crippen molar-refractivity contribution >= 4 is 43.2 Å². The van der Waals surface area contributed by atoms with Gasteiger partial charge in [0, 0.05) is 26.4 Å². The molecule has 0 radical (unpaired) electrons. The molecular formula is C12H13Br2N3S. The summed E-state index contributed by atoms with van der Waals surface area (Å²) in [6, 6.07) is 6.14. The van der Waals surface area contributed by atoms with Gasteiger partial charge in [-0.15, -0.1) is 11.3 Å². The number of nitrogens with zero attached hydrogens (tertiary/aromatic N) is 1. The molecule has 3 nitrogen and oxygen atoms in total. The zero-order valence-electron chi connectivity index (χ0n) is 9.78. The van der Waals surface area contributed by atoms with Crippen LogP contribution >= 0.6 is 43.2 Å². The van der Waals surface area contributed by atoms with Crippen LogP contribution in [-0.4, -0.2) is 4.98 Å². The lowest BCUT2D eigenvalue weighted by atomic mass is 10.1. The number of aryl methyl sites for hydroxylation is 1. The lowest BCUT2D eigenvalue weighted by molar-refractivity contribution is 0.548. The Balaban J connectivity index is 2.22. The first-order valence-electron chi connectivity index (χ1n) is 5.42. The second-order valence-electron chi connectivity index (χ2n) is 3.97. The normalized spacial score (nSPS) is 12.7. The van der Waals surface area contributed by atoms with Crippen molar-refractivity contribution in [3.8, 4) is 0 Å². The van der Waals surface area contributed by atoms with Crippen LogP contribution in [0.15, 0.2) is 32.5 Å². The molecule has 0 saturated carbocycles. The van der Waals surface area contributed by atoms with Gasteiger partial charge in [0.15, 0.2) is 0 Å². The predicted molar refractivity (Wildman–Crippen MR) is 82.5 cm³/mol. The summed E-state index contributed by atoms with van der Waals surface area (Å²) >= 11 is 8.68. The fraction of sp³-hybridized carbons (Fsp3) is 0.250. The summed E-state index contributed by atoms with van der Waals surface area (Å²) in [4.78, 5) is 4.47. The minimum atomic E-state index is 0.0537. The van der Waals surface area contributed by atoms with E-state index in [4.69, 9.17) is 5.84 Å². The molecule has 96 valence electrons. The zero-order valence-corrected chi connectivity index (χ0v) is 13.8. The van der Waals surface area contributed by atoms with Gasteiger partial charge in [0.1, 0.15) is 0 Å². The highest BCUT2D eigenvalue weighted by Crippen LogP contribution is 2.29. The third-order valence-electron chi connectivity index (χ3n) is 2.58. The number of nitrogens with one attached hydrogen (secondary N) is 1. The first-order valence-corrected chi connectivity index (χ1v) is 7.89. The van der Waals surface area contributed by atoms with Crippen molar-refractivity contribution in [3.05, 3.63) is 48.8 Å². The van der Waals surface area contributed by atoms with Crippen molar-refractivity contribution in [2.45, 2.75) is 19.4 Å². The Kier molecular flexibility index (Phi) is 4.91. The first kappa shape index (κ1) is 14.1. The first-order chi connectivity index (χ1) is 8.60. The Hall–Kier alpha value is -0.270. The smallest absolute Gasteiger partial charge is 0.0947 e. The van der Waals surface area contributed by atoms with Gasteiger partial charge in [0.25, 0.3) is 0 Å². The van der Waals surface area contributed by atoms with Crippen LogP contribution in [0.4, 0.5) is 0 Å². The maximum absolute atomic E-state index is 5.66. The van der Waals surface area contributed by atoms with Crippen LogP contribution in [0, 0.1) is 6.92 Å². The van der Waals surface area contributed by atoms with Crippen molar-refractivity contribution < 1.29 is 0 Å². The van der Waals surface area contributed by atoms with Crippen LogP contribution in [-0.2, 0) is 6.42 Å². The second kappa shape index (κ2) is 6.25. The molecule has 18 heavy (non-hydrogen) atoms. The van der Waals surface area contributed by atoms with E-state index in [1.165, 1.54) is 0 Å². The van der Waals surface area contributed by atoms with Gasteiger partial charge in [-0.05, 0) is 24.6 Å². The van der Waals surface area contributed by atoms with E-state index in [2.05, 4.69) is 53.7 Å². The molecule has 1 atom stereocenters. The molecule has 0 aliphatic heterocycles. The van der Waals surface area contributed by atoms with Crippen LogP contribution in [0.3, 0.4) is 0 Å². The van der Waals surface area contributed by atoms with E-state index in [1.807, 2.05) is 19.1 Å². The van der Waals surface area contributed by atoms with E-state index < -0.39 is 0 Å². The summed E-state index contributed by atoms with van der Waals surface area (Å²) in [6.45, 7) is 2.00. The molecule has 0 amide bonds. The number of hydrogen-bond donors (Lipinski definition) is 2. The van der Waals surface area contributed by atoms with Gasteiger partial charge in [-0.1, -0.05) is 37.9 Å². The van der Waals surface area contributed by atoms with Crippen molar-refractivity contribution in [1.29, 1.82) is 0 Å². The minimum Gasteiger partial charge on any atom is -0.271 e. The molecule has 0 fully saturated rings. The number of rotatable bonds is 4. The molecule has 0 spiro atoms. The lowest BCUT2D eigenvalue weighted by Gasteiger charge is -2.16. The average molecular weight is 391 g/mol. The Morgan fingerprint density at radius 2 is 2.22 bits per heavy atom. The SMILES string of the molecule is Cc1csc(CC(NN)c2ccc(Br)cc2Br)n1. The van der Waals surface area contributed by atoms with Crippen molar-refractivity contribution in [2.24, 2.45) is 5.84 Å². The van der Waals surface area contributed by atoms with Crippen molar-refractivity contribution in [2.75, 3.05) is 0 Å². The highest BCUT2D eigenvalue weighted by atomic mass is 79.9. The number of aromatic nitrogens is 1. The van der Waals surface area contributed by atoms with Gasteiger partial charge in [-0.3, -0.25) is 11.3 Å². The number of thiazole rings is 1. The van der Waals surface area contributed by atoms with Crippen LogP contribution in [0.1, 0.15) is 22.3 Å². The molecule has 0 saturated heterocycles. The van der Waals surface area contributed by atoms with Crippen molar-refractivity contribution in [3.63, 3.8) is 0 Å². The molecule has 1 aromatic carbocycles. The quantitative estimate of drug-likeness (QED) is 0.617. The largest absolute Gasteiger partial charge is 0.271 e. The maximum atomic E-state index is 5.66. The molecule has 0 aliphatic carbocycles. The number of hydrogen-bond acceptors (Lipinski definition) is 4. The molecule has 2 aromatic rings. The van der Waals surface area contributed by atoms with E-state index >= 15 is 0 Å². The summed E-state index contributed by atoms with van der Waals surface area (Å²) < 4.78 is 2.08. The number of halogens is 2. The van der Waals surface area contributed by atoms with E-state index in [1.54, 1.807) is 11.3 Å². The molecule has 1 heterocycles. The van der Waals surface area contributed by atoms with Crippen LogP contribution in [0.25, 0.3) is 0 Å². The predicted octanol–water partition coefficient (Wildman–Crippen LogP) is 3.72. The summed E-state index contributed by atoms with van der Waals surface area (Å²) in [5.41, 5.74) is 5.05. The van der Waals surface area contributed by atoms with Crippen LogP contribution in [0.2, 0.25) is 0 Å². The van der Waals surface area contributed by atoms with Gasteiger partial charge < -0.3 is 0 Å². The summed E-state index contributed by atoms with van der Waals surface area (Å²) in [5, 5.41) is 3.14. The zero-order chi connectivity index (χ0) is 13.1. The Labute approximate surface area is 127 Å².